The van der Waals surface area contributed by atoms with Gasteiger partial charge in [-0.15, -0.1) is 0 Å². The molecule has 2 unspecified atom stereocenters. The van der Waals surface area contributed by atoms with E-state index in [1.807, 2.05) is 0 Å². The Kier molecular flexibility index (Phi) is 6.78. The molecule has 1 aliphatic carbocycles. The molecule has 0 spiro atoms. The van der Waals surface area contributed by atoms with Crippen molar-refractivity contribution >= 4 is 0 Å². The predicted molar refractivity (Wildman–Crippen MR) is 84.4 cm³/mol. The molecule has 0 radical (unpaired) electrons. The summed E-state index contributed by atoms with van der Waals surface area (Å²) >= 11 is 0. The first kappa shape index (κ1) is 16.9. The number of likely N-dealkylation sites (N-methyl/N-ethyl adjacent to an activating group) is 2. The van der Waals surface area contributed by atoms with Crippen LogP contribution in [0.4, 0.5) is 0 Å². The molecule has 2 atom stereocenters. The molecular formula is C16H35N3. The topological polar surface area (TPSA) is 32.5 Å². The van der Waals surface area contributed by atoms with E-state index in [-0.39, 0.29) is 5.54 Å². The van der Waals surface area contributed by atoms with Gasteiger partial charge in [0.25, 0.3) is 0 Å². The van der Waals surface area contributed by atoms with Crippen LogP contribution in [0.25, 0.3) is 0 Å². The molecule has 2 N–H and O–H groups in total. The number of rotatable bonds is 6. The first-order chi connectivity index (χ1) is 8.91. The highest BCUT2D eigenvalue weighted by Crippen LogP contribution is 2.36. The van der Waals surface area contributed by atoms with E-state index in [9.17, 15) is 0 Å². The lowest BCUT2D eigenvalue weighted by Crippen LogP contribution is -2.53. The number of nitrogens with zero attached hydrogens (tertiary/aromatic N) is 2. The van der Waals surface area contributed by atoms with Gasteiger partial charge in [-0.05, 0) is 52.2 Å². The molecule has 0 aromatic carbocycles. The summed E-state index contributed by atoms with van der Waals surface area (Å²) in [6.45, 7) is 7.79. The third-order valence-corrected chi connectivity index (χ3v) is 5.21. The highest BCUT2D eigenvalue weighted by molar-refractivity contribution is 4.93. The van der Waals surface area contributed by atoms with E-state index >= 15 is 0 Å². The Morgan fingerprint density at radius 3 is 2.32 bits per heavy atom. The summed E-state index contributed by atoms with van der Waals surface area (Å²) in [4.78, 5) is 4.80. The van der Waals surface area contributed by atoms with E-state index in [1.54, 1.807) is 0 Å². The van der Waals surface area contributed by atoms with E-state index in [0.717, 1.165) is 31.5 Å². The van der Waals surface area contributed by atoms with Crippen molar-refractivity contribution in [3.8, 4) is 0 Å². The van der Waals surface area contributed by atoms with Crippen LogP contribution in [0.15, 0.2) is 0 Å². The second-order valence-electron chi connectivity index (χ2n) is 7.09. The molecule has 1 saturated carbocycles. The van der Waals surface area contributed by atoms with Crippen molar-refractivity contribution in [3.05, 3.63) is 0 Å². The van der Waals surface area contributed by atoms with Gasteiger partial charge in [0.2, 0.25) is 0 Å². The molecular weight excluding hydrogens is 234 g/mol. The van der Waals surface area contributed by atoms with Crippen molar-refractivity contribution in [2.45, 2.75) is 51.5 Å². The summed E-state index contributed by atoms with van der Waals surface area (Å²) in [5, 5.41) is 0. The average Bonchev–Trinajstić information content (AvgIpc) is 2.59. The molecule has 0 aromatic heterocycles. The van der Waals surface area contributed by atoms with Gasteiger partial charge >= 0.3 is 0 Å². The second-order valence-corrected chi connectivity index (χ2v) is 7.09. The largest absolute Gasteiger partial charge is 0.329 e. The third-order valence-electron chi connectivity index (χ3n) is 5.21. The Hall–Kier alpha value is -0.120. The SMILES string of the molecule is CC(C)C1CCCC(CN)(N(C)CCN(C)C)CC1. The first-order valence-corrected chi connectivity index (χ1v) is 7.97. The lowest BCUT2D eigenvalue weighted by molar-refractivity contribution is 0.0971. The first-order valence-electron chi connectivity index (χ1n) is 7.97. The van der Waals surface area contributed by atoms with Gasteiger partial charge in [-0.25, -0.2) is 0 Å². The maximum Gasteiger partial charge on any atom is 0.0329 e. The van der Waals surface area contributed by atoms with Crippen molar-refractivity contribution in [2.24, 2.45) is 17.6 Å². The normalized spacial score (nSPS) is 29.2. The maximum atomic E-state index is 6.18. The monoisotopic (exact) mass is 269 g/mol. The quantitative estimate of drug-likeness (QED) is 0.752. The summed E-state index contributed by atoms with van der Waals surface area (Å²) in [5.41, 5.74) is 6.43. The van der Waals surface area contributed by atoms with E-state index in [4.69, 9.17) is 5.73 Å². The zero-order valence-electron chi connectivity index (χ0n) is 13.8. The Morgan fingerprint density at radius 2 is 1.79 bits per heavy atom. The smallest absolute Gasteiger partial charge is 0.0329 e. The Morgan fingerprint density at radius 1 is 1.11 bits per heavy atom. The van der Waals surface area contributed by atoms with Gasteiger partial charge in [0.1, 0.15) is 0 Å². The highest BCUT2D eigenvalue weighted by Gasteiger charge is 2.35. The van der Waals surface area contributed by atoms with Crippen LogP contribution in [-0.2, 0) is 0 Å². The van der Waals surface area contributed by atoms with Crippen LogP contribution in [-0.4, -0.2) is 56.1 Å². The van der Waals surface area contributed by atoms with Gasteiger partial charge in [0, 0.05) is 25.2 Å². The molecule has 1 aliphatic rings. The highest BCUT2D eigenvalue weighted by atomic mass is 15.2. The van der Waals surface area contributed by atoms with Gasteiger partial charge in [-0.3, -0.25) is 4.90 Å². The minimum Gasteiger partial charge on any atom is -0.329 e. The molecule has 1 rings (SSSR count). The minimum absolute atomic E-state index is 0.250. The summed E-state index contributed by atoms with van der Waals surface area (Å²) in [5.74, 6) is 1.72. The van der Waals surface area contributed by atoms with Gasteiger partial charge < -0.3 is 10.6 Å². The van der Waals surface area contributed by atoms with Crippen LogP contribution in [0.5, 0.6) is 0 Å². The summed E-state index contributed by atoms with van der Waals surface area (Å²) < 4.78 is 0. The summed E-state index contributed by atoms with van der Waals surface area (Å²) in [6.07, 6.45) is 6.63. The van der Waals surface area contributed by atoms with Gasteiger partial charge in [0.15, 0.2) is 0 Å². The van der Waals surface area contributed by atoms with Crippen molar-refractivity contribution in [3.63, 3.8) is 0 Å². The molecule has 1 fully saturated rings. The zero-order valence-corrected chi connectivity index (χ0v) is 13.8. The Bertz CT molecular complexity index is 252. The maximum absolute atomic E-state index is 6.18. The standard InChI is InChI=1S/C16H35N3/c1-14(2)15-7-6-9-16(13-17,10-8-15)19(5)12-11-18(3)4/h14-15H,6-13,17H2,1-5H3. The van der Waals surface area contributed by atoms with E-state index in [2.05, 4.69) is 44.8 Å². The van der Waals surface area contributed by atoms with Crippen LogP contribution in [0.1, 0.15) is 46.0 Å². The molecule has 3 nitrogen and oxygen atoms in total. The van der Waals surface area contributed by atoms with Gasteiger partial charge in [0.05, 0.1) is 0 Å². The average molecular weight is 269 g/mol. The van der Waals surface area contributed by atoms with Crippen molar-refractivity contribution in [2.75, 3.05) is 40.8 Å². The van der Waals surface area contributed by atoms with Crippen LogP contribution in [0, 0.1) is 11.8 Å². The molecule has 0 bridgehead atoms. The molecule has 114 valence electrons. The molecule has 0 saturated heterocycles. The second kappa shape index (κ2) is 7.61. The minimum atomic E-state index is 0.250. The molecule has 19 heavy (non-hydrogen) atoms. The third kappa shape index (κ3) is 4.73. The van der Waals surface area contributed by atoms with Crippen molar-refractivity contribution in [1.29, 1.82) is 0 Å². The van der Waals surface area contributed by atoms with Crippen molar-refractivity contribution in [1.82, 2.24) is 9.80 Å². The van der Waals surface area contributed by atoms with Crippen LogP contribution >= 0.6 is 0 Å². The fourth-order valence-electron chi connectivity index (χ4n) is 3.41. The Labute approximate surface area is 120 Å². The molecule has 3 heteroatoms. The van der Waals surface area contributed by atoms with E-state index in [0.29, 0.717) is 0 Å². The predicted octanol–water partition coefficient (Wildman–Crippen LogP) is 2.41. The lowest BCUT2D eigenvalue weighted by Gasteiger charge is -2.41. The fraction of sp³-hybridized carbons (Fsp3) is 1.00. The fourth-order valence-corrected chi connectivity index (χ4v) is 3.41. The van der Waals surface area contributed by atoms with Crippen molar-refractivity contribution < 1.29 is 0 Å². The van der Waals surface area contributed by atoms with Crippen LogP contribution < -0.4 is 5.73 Å². The number of hydrogen-bond donors (Lipinski definition) is 1. The summed E-state index contributed by atoms with van der Waals surface area (Å²) in [6, 6.07) is 0. The molecule has 0 aromatic rings. The zero-order chi connectivity index (χ0) is 14.5. The molecule has 0 heterocycles. The summed E-state index contributed by atoms with van der Waals surface area (Å²) in [7, 11) is 6.56. The number of hydrogen-bond acceptors (Lipinski definition) is 3. The van der Waals surface area contributed by atoms with E-state index in [1.165, 1.54) is 32.1 Å². The van der Waals surface area contributed by atoms with E-state index < -0.39 is 0 Å². The van der Waals surface area contributed by atoms with Gasteiger partial charge in [-0.2, -0.15) is 0 Å². The Balaban J connectivity index is 2.63. The lowest BCUT2D eigenvalue weighted by atomic mass is 9.85. The van der Waals surface area contributed by atoms with Crippen LogP contribution in [0.3, 0.4) is 0 Å². The number of nitrogens with two attached hydrogens (primary N) is 1. The van der Waals surface area contributed by atoms with Crippen LogP contribution in [0.2, 0.25) is 0 Å². The van der Waals surface area contributed by atoms with Gasteiger partial charge in [-0.1, -0.05) is 26.7 Å². The molecule has 0 aliphatic heterocycles. The molecule has 0 amide bonds.